The molecule has 1 amide bonds. The summed E-state index contributed by atoms with van der Waals surface area (Å²) >= 11 is 0. The van der Waals surface area contributed by atoms with Crippen molar-refractivity contribution >= 4 is 6.09 Å². The topological polar surface area (TPSA) is 49.3 Å². The Labute approximate surface area is 65.8 Å². The van der Waals surface area contributed by atoms with E-state index in [2.05, 4.69) is 11.2 Å². The van der Waals surface area contributed by atoms with Gasteiger partial charge in [0.1, 0.15) is 5.54 Å². The van der Waals surface area contributed by atoms with Crippen molar-refractivity contribution in [2.75, 3.05) is 0 Å². The first-order valence-corrected chi connectivity index (χ1v) is 3.67. The van der Waals surface area contributed by atoms with Gasteiger partial charge in [0, 0.05) is 0 Å². The van der Waals surface area contributed by atoms with Crippen LogP contribution < -0.4 is 5.32 Å². The van der Waals surface area contributed by atoms with Gasteiger partial charge >= 0.3 is 6.09 Å². The van der Waals surface area contributed by atoms with Crippen molar-refractivity contribution < 1.29 is 9.90 Å². The number of carboxylic acid groups (broad SMARTS) is 1. The molecule has 0 aromatic carbocycles. The lowest BCUT2D eigenvalue weighted by molar-refractivity contribution is 0.185. The molecule has 1 saturated carbocycles. The zero-order chi connectivity index (χ0) is 8.32. The van der Waals surface area contributed by atoms with E-state index in [0.717, 1.165) is 25.7 Å². The molecule has 2 N–H and O–H groups in total. The molecule has 1 aliphatic carbocycles. The maximum atomic E-state index is 10.3. The molecular weight excluding hydrogens is 142 g/mol. The predicted molar refractivity (Wildman–Crippen MR) is 41.2 cm³/mol. The summed E-state index contributed by atoms with van der Waals surface area (Å²) in [4.78, 5) is 10.3. The molecule has 3 heteroatoms. The highest BCUT2D eigenvalue weighted by Gasteiger charge is 2.32. The summed E-state index contributed by atoms with van der Waals surface area (Å²) in [5.41, 5.74) is -0.564. The van der Waals surface area contributed by atoms with Crippen molar-refractivity contribution in [1.82, 2.24) is 5.32 Å². The van der Waals surface area contributed by atoms with Gasteiger partial charge in [0.15, 0.2) is 0 Å². The minimum atomic E-state index is -1.02. The van der Waals surface area contributed by atoms with Gasteiger partial charge in [-0.15, -0.1) is 6.42 Å². The SMILES string of the molecule is C#CC1(NC(=O)O)CCCC1. The van der Waals surface area contributed by atoms with Crippen LogP contribution in [0.2, 0.25) is 0 Å². The van der Waals surface area contributed by atoms with E-state index in [9.17, 15) is 4.79 Å². The quantitative estimate of drug-likeness (QED) is 0.556. The summed E-state index contributed by atoms with van der Waals surface area (Å²) in [6.07, 6.45) is 7.80. The van der Waals surface area contributed by atoms with E-state index >= 15 is 0 Å². The van der Waals surface area contributed by atoms with Crippen LogP contribution in [0.4, 0.5) is 4.79 Å². The van der Waals surface area contributed by atoms with E-state index < -0.39 is 11.6 Å². The molecule has 0 aromatic heterocycles. The van der Waals surface area contributed by atoms with Crippen LogP contribution in [0.1, 0.15) is 25.7 Å². The number of hydrogen-bond acceptors (Lipinski definition) is 1. The molecule has 1 aliphatic rings. The third-order valence-corrected chi connectivity index (χ3v) is 2.08. The van der Waals surface area contributed by atoms with Crippen molar-refractivity contribution in [3.63, 3.8) is 0 Å². The highest BCUT2D eigenvalue weighted by atomic mass is 16.4. The fraction of sp³-hybridized carbons (Fsp3) is 0.625. The van der Waals surface area contributed by atoms with Crippen molar-refractivity contribution in [3.05, 3.63) is 0 Å². The zero-order valence-electron chi connectivity index (χ0n) is 6.26. The lowest BCUT2D eigenvalue weighted by Gasteiger charge is -2.21. The Morgan fingerprint density at radius 3 is 2.45 bits per heavy atom. The number of carbonyl (C=O) groups is 1. The van der Waals surface area contributed by atoms with Gasteiger partial charge in [-0.3, -0.25) is 0 Å². The third-order valence-electron chi connectivity index (χ3n) is 2.08. The number of amides is 1. The Balaban J connectivity index is 2.61. The van der Waals surface area contributed by atoms with E-state index in [1.54, 1.807) is 0 Å². The number of hydrogen-bond donors (Lipinski definition) is 2. The van der Waals surface area contributed by atoms with Crippen LogP contribution in [0.5, 0.6) is 0 Å². The molecule has 0 unspecified atom stereocenters. The maximum Gasteiger partial charge on any atom is 0.405 e. The van der Waals surface area contributed by atoms with E-state index in [1.165, 1.54) is 0 Å². The number of nitrogens with one attached hydrogen (secondary N) is 1. The summed E-state index contributed by atoms with van der Waals surface area (Å²) in [7, 11) is 0. The van der Waals surface area contributed by atoms with E-state index in [-0.39, 0.29) is 0 Å². The van der Waals surface area contributed by atoms with Gasteiger partial charge < -0.3 is 10.4 Å². The Morgan fingerprint density at radius 1 is 1.55 bits per heavy atom. The number of rotatable bonds is 1. The van der Waals surface area contributed by atoms with Crippen molar-refractivity contribution in [2.45, 2.75) is 31.2 Å². The molecule has 0 heterocycles. The molecule has 0 aliphatic heterocycles. The van der Waals surface area contributed by atoms with Crippen molar-refractivity contribution in [3.8, 4) is 12.3 Å². The van der Waals surface area contributed by atoms with E-state index in [4.69, 9.17) is 11.5 Å². The lowest BCUT2D eigenvalue weighted by atomic mass is 10.00. The molecule has 0 atom stereocenters. The average molecular weight is 153 g/mol. The fourth-order valence-electron chi connectivity index (χ4n) is 1.49. The lowest BCUT2D eigenvalue weighted by Crippen LogP contribution is -2.44. The first-order chi connectivity index (χ1) is 5.18. The van der Waals surface area contributed by atoms with E-state index in [0.29, 0.717) is 0 Å². The molecule has 0 saturated heterocycles. The molecule has 0 bridgehead atoms. The highest BCUT2D eigenvalue weighted by Crippen LogP contribution is 2.28. The Bertz CT molecular complexity index is 199. The van der Waals surface area contributed by atoms with Gasteiger partial charge in [-0.05, 0) is 25.7 Å². The van der Waals surface area contributed by atoms with Crippen LogP contribution in [-0.4, -0.2) is 16.7 Å². The van der Waals surface area contributed by atoms with Gasteiger partial charge in [0.05, 0.1) is 0 Å². The second kappa shape index (κ2) is 2.83. The molecular formula is C8H11NO2. The first-order valence-electron chi connectivity index (χ1n) is 3.67. The number of terminal acetylenes is 1. The van der Waals surface area contributed by atoms with Crippen molar-refractivity contribution in [2.24, 2.45) is 0 Å². The molecule has 1 fully saturated rings. The Hall–Kier alpha value is -1.17. The second-order valence-electron chi connectivity index (χ2n) is 2.86. The van der Waals surface area contributed by atoms with Gasteiger partial charge in [-0.1, -0.05) is 5.92 Å². The second-order valence-corrected chi connectivity index (χ2v) is 2.86. The average Bonchev–Trinajstić information content (AvgIpc) is 2.36. The minimum Gasteiger partial charge on any atom is -0.465 e. The van der Waals surface area contributed by atoms with Crippen LogP contribution in [0.3, 0.4) is 0 Å². The minimum absolute atomic E-state index is 0.564. The van der Waals surface area contributed by atoms with Crippen LogP contribution >= 0.6 is 0 Å². The van der Waals surface area contributed by atoms with Crippen molar-refractivity contribution in [1.29, 1.82) is 0 Å². The molecule has 1 rings (SSSR count). The summed E-state index contributed by atoms with van der Waals surface area (Å²) in [6.45, 7) is 0. The zero-order valence-corrected chi connectivity index (χ0v) is 6.26. The molecule has 0 radical (unpaired) electrons. The fourth-order valence-corrected chi connectivity index (χ4v) is 1.49. The van der Waals surface area contributed by atoms with E-state index in [1.807, 2.05) is 0 Å². The predicted octanol–water partition coefficient (Wildman–Crippen LogP) is 1.20. The van der Waals surface area contributed by atoms with Gasteiger partial charge in [-0.2, -0.15) is 0 Å². The molecule has 3 nitrogen and oxygen atoms in total. The standard InChI is InChI=1S/C8H11NO2/c1-2-8(9-7(10)11)5-3-4-6-8/h1,9H,3-6H2,(H,10,11). The van der Waals surface area contributed by atoms with Gasteiger partial charge in [0.25, 0.3) is 0 Å². The van der Waals surface area contributed by atoms with Crippen LogP contribution in [-0.2, 0) is 0 Å². The highest BCUT2D eigenvalue weighted by molar-refractivity contribution is 5.66. The van der Waals surface area contributed by atoms with Crippen LogP contribution in [0, 0.1) is 12.3 Å². The largest absolute Gasteiger partial charge is 0.465 e. The van der Waals surface area contributed by atoms with Crippen LogP contribution in [0.15, 0.2) is 0 Å². The normalized spacial score (nSPS) is 20.6. The smallest absolute Gasteiger partial charge is 0.405 e. The summed E-state index contributed by atoms with van der Waals surface area (Å²) in [6, 6.07) is 0. The molecule has 60 valence electrons. The first kappa shape index (κ1) is 7.93. The monoisotopic (exact) mass is 153 g/mol. The maximum absolute atomic E-state index is 10.3. The Kier molecular flexibility index (Phi) is 2.04. The summed E-state index contributed by atoms with van der Waals surface area (Å²) < 4.78 is 0. The Morgan fingerprint density at radius 2 is 2.09 bits per heavy atom. The van der Waals surface area contributed by atoms with Crippen LogP contribution in [0.25, 0.3) is 0 Å². The molecule has 11 heavy (non-hydrogen) atoms. The summed E-state index contributed by atoms with van der Waals surface area (Å²) in [5, 5.41) is 10.8. The molecule has 0 spiro atoms. The van der Waals surface area contributed by atoms with Gasteiger partial charge in [-0.25, -0.2) is 4.79 Å². The molecule has 0 aromatic rings. The summed E-state index contributed by atoms with van der Waals surface area (Å²) in [5.74, 6) is 2.52. The van der Waals surface area contributed by atoms with Gasteiger partial charge in [0.2, 0.25) is 0 Å². The third kappa shape index (κ3) is 1.64.